The van der Waals surface area contributed by atoms with Crippen molar-refractivity contribution in [3.05, 3.63) is 58.3 Å². The summed E-state index contributed by atoms with van der Waals surface area (Å²) in [7, 11) is 0. The molecule has 0 aliphatic heterocycles. The maximum atomic E-state index is 12.1. The van der Waals surface area contributed by atoms with Crippen LogP contribution in [0.1, 0.15) is 24.5 Å². The Bertz CT molecular complexity index is 668. The summed E-state index contributed by atoms with van der Waals surface area (Å²) in [4.78, 5) is 12.1. The van der Waals surface area contributed by atoms with E-state index in [-0.39, 0.29) is 5.69 Å². The second kappa shape index (κ2) is 6.78. The van der Waals surface area contributed by atoms with Crippen LogP contribution in [0.2, 0.25) is 0 Å². The van der Waals surface area contributed by atoms with E-state index in [0.29, 0.717) is 13.1 Å². The molecule has 2 rings (SSSR count). The summed E-state index contributed by atoms with van der Waals surface area (Å²) in [6.45, 7) is 3.77. The number of benzene rings is 1. The predicted octanol–water partition coefficient (Wildman–Crippen LogP) is 1.42. The zero-order valence-corrected chi connectivity index (χ0v) is 11.7. The van der Waals surface area contributed by atoms with Gasteiger partial charge in [0.2, 0.25) is 0 Å². The molecule has 0 amide bonds. The molecule has 0 saturated heterocycles. The molecule has 20 heavy (non-hydrogen) atoms. The van der Waals surface area contributed by atoms with Crippen LogP contribution in [0.3, 0.4) is 0 Å². The molecule has 0 saturated carbocycles. The second-order valence-electron chi connectivity index (χ2n) is 4.60. The first kappa shape index (κ1) is 14.2. The first-order valence-corrected chi connectivity index (χ1v) is 6.78. The van der Waals surface area contributed by atoms with Gasteiger partial charge in [0, 0.05) is 24.5 Å². The molecule has 0 aliphatic rings. The Kier molecular flexibility index (Phi) is 4.80. The monoisotopic (exact) mass is 269 g/mol. The number of imidazole rings is 1. The van der Waals surface area contributed by atoms with E-state index >= 15 is 0 Å². The van der Waals surface area contributed by atoms with Crippen molar-refractivity contribution < 1.29 is 0 Å². The van der Waals surface area contributed by atoms with Crippen LogP contribution in [0.5, 0.6) is 0 Å². The van der Waals surface area contributed by atoms with Crippen molar-refractivity contribution in [3.63, 3.8) is 0 Å². The van der Waals surface area contributed by atoms with Crippen LogP contribution in [0, 0.1) is 11.8 Å². The molecule has 2 aromatic rings. The normalized spacial score (nSPS) is 10.1. The van der Waals surface area contributed by atoms with Crippen molar-refractivity contribution in [2.45, 2.75) is 26.4 Å². The van der Waals surface area contributed by atoms with Crippen LogP contribution in [-0.2, 0) is 13.1 Å². The average Bonchev–Trinajstić information content (AvgIpc) is 2.80. The van der Waals surface area contributed by atoms with Gasteiger partial charge in [-0.1, -0.05) is 30.9 Å². The molecule has 4 heteroatoms. The lowest BCUT2D eigenvalue weighted by Gasteiger charge is -2.02. The van der Waals surface area contributed by atoms with Gasteiger partial charge in [-0.15, -0.1) is 0 Å². The highest BCUT2D eigenvalue weighted by Gasteiger charge is 2.03. The Morgan fingerprint density at radius 2 is 1.85 bits per heavy atom. The number of nitrogens with zero attached hydrogens (tertiary/aromatic N) is 2. The zero-order chi connectivity index (χ0) is 14.4. The van der Waals surface area contributed by atoms with Crippen LogP contribution in [0.25, 0.3) is 0 Å². The molecule has 0 atom stereocenters. The fraction of sp³-hybridized carbons (Fsp3) is 0.312. The van der Waals surface area contributed by atoms with Gasteiger partial charge >= 0.3 is 5.69 Å². The number of hydrogen-bond donors (Lipinski definition) is 1. The quantitative estimate of drug-likeness (QED) is 0.853. The Balaban J connectivity index is 2.12. The molecule has 2 N–H and O–H groups in total. The Hall–Kier alpha value is -2.25. The highest BCUT2D eigenvalue weighted by atomic mass is 16.1. The lowest BCUT2D eigenvalue weighted by molar-refractivity contribution is 0.624. The van der Waals surface area contributed by atoms with Gasteiger partial charge < -0.3 is 5.73 Å². The molecular weight excluding hydrogens is 250 g/mol. The smallest absolute Gasteiger partial charge is 0.320 e. The fourth-order valence-corrected chi connectivity index (χ4v) is 2.03. The van der Waals surface area contributed by atoms with Crippen LogP contribution < -0.4 is 11.4 Å². The summed E-state index contributed by atoms with van der Waals surface area (Å²) in [6, 6.07) is 7.88. The minimum atomic E-state index is 0.0406. The number of rotatable bonds is 4. The van der Waals surface area contributed by atoms with Crippen LogP contribution in [0.4, 0.5) is 0 Å². The van der Waals surface area contributed by atoms with Gasteiger partial charge in [0.25, 0.3) is 0 Å². The molecule has 0 fully saturated rings. The van der Waals surface area contributed by atoms with Gasteiger partial charge in [-0.2, -0.15) is 0 Å². The molecule has 0 spiro atoms. The van der Waals surface area contributed by atoms with Gasteiger partial charge in [0.15, 0.2) is 0 Å². The standard InChI is InChI=1S/C16H19N3O/c1-2-10-18-11-12-19(16(18)20)13-15-7-5-14(6-8-15)4-3-9-17/h5-8,11-12H,2,9-10,13,17H2,1H3. The molecule has 0 radical (unpaired) electrons. The van der Waals surface area contributed by atoms with Gasteiger partial charge in [-0.25, -0.2) is 4.79 Å². The average molecular weight is 269 g/mol. The Morgan fingerprint density at radius 3 is 2.50 bits per heavy atom. The van der Waals surface area contributed by atoms with Crippen molar-refractivity contribution in [1.82, 2.24) is 9.13 Å². The third kappa shape index (κ3) is 3.40. The van der Waals surface area contributed by atoms with Crippen LogP contribution >= 0.6 is 0 Å². The molecule has 0 bridgehead atoms. The molecular formula is C16H19N3O. The first-order valence-electron chi connectivity index (χ1n) is 6.78. The first-order chi connectivity index (χ1) is 9.74. The van der Waals surface area contributed by atoms with E-state index in [1.165, 1.54) is 0 Å². The third-order valence-electron chi connectivity index (χ3n) is 3.02. The molecule has 0 aliphatic carbocycles. The summed E-state index contributed by atoms with van der Waals surface area (Å²) in [6.07, 6.45) is 4.63. The zero-order valence-electron chi connectivity index (χ0n) is 11.7. The number of nitrogens with two attached hydrogens (primary N) is 1. The number of aryl methyl sites for hydroxylation is 1. The summed E-state index contributed by atoms with van der Waals surface area (Å²) in [5.74, 6) is 5.80. The maximum Gasteiger partial charge on any atom is 0.328 e. The third-order valence-corrected chi connectivity index (χ3v) is 3.02. The molecule has 0 unspecified atom stereocenters. The highest BCUT2D eigenvalue weighted by molar-refractivity contribution is 5.36. The van der Waals surface area contributed by atoms with Gasteiger partial charge in [0.05, 0.1) is 13.1 Å². The summed E-state index contributed by atoms with van der Waals surface area (Å²) >= 11 is 0. The Morgan fingerprint density at radius 1 is 1.15 bits per heavy atom. The van der Waals surface area contributed by atoms with Crippen molar-refractivity contribution in [3.8, 4) is 11.8 Å². The predicted molar refractivity (Wildman–Crippen MR) is 80.5 cm³/mol. The van der Waals surface area contributed by atoms with E-state index < -0.39 is 0 Å². The highest BCUT2D eigenvalue weighted by Crippen LogP contribution is 2.05. The molecule has 4 nitrogen and oxygen atoms in total. The van der Waals surface area contributed by atoms with E-state index in [1.54, 1.807) is 9.13 Å². The van der Waals surface area contributed by atoms with Crippen molar-refractivity contribution in [2.24, 2.45) is 5.73 Å². The summed E-state index contributed by atoms with van der Waals surface area (Å²) in [5.41, 5.74) is 7.40. The summed E-state index contributed by atoms with van der Waals surface area (Å²) < 4.78 is 3.46. The SMILES string of the molecule is CCCn1ccn(Cc2ccc(C#CCN)cc2)c1=O. The Labute approximate surface area is 118 Å². The fourth-order valence-electron chi connectivity index (χ4n) is 2.03. The molecule has 1 heterocycles. The van der Waals surface area contributed by atoms with Crippen molar-refractivity contribution >= 4 is 0 Å². The van der Waals surface area contributed by atoms with Crippen molar-refractivity contribution in [2.75, 3.05) is 6.54 Å². The van der Waals surface area contributed by atoms with E-state index in [1.807, 2.05) is 36.7 Å². The lowest BCUT2D eigenvalue weighted by Crippen LogP contribution is -2.24. The van der Waals surface area contributed by atoms with Crippen molar-refractivity contribution in [1.29, 1.82) is 0 Å². The molecule has 104 valence electrons. The van der Waals surface area contributed by atoms with Crippen LogP contribution in [-0.4, -0.2) is 15.7 Å². The second-order valence-corrected chi connectivity index (χ2v) is 4.60. The van der Waals surface area contributed by atoms with E-state index in [9.17, 15) is 4.79 Å². The van der Waals surface area contributed by atoms with E-state index in [2.05, 4.69) is 18.8 Å². The van der Waals surface area contributed by atoms with Gasteiger partial charge in [-0.3, -0.25) is 9.13 Å². The van der Waals surface area contributed by atoms with E-state index in [0.717, 1.165) is 24.1 Å². The lowest BCUT2D eigenvalue weighted by atomic mass is 10.1. The number of aromatic nitrogens is 2. The van der Waals surface area contributed by atoms with E-state index in [4.69, 9.17) is 5.73 Å². The van der Waals surface area contributed by atoms with Gasteiger partial charge in [-0.05, 0) is 24.1 Å². The topological polar surface area (TPSA) is 52.9 Å². The minimum absolute atomic E-state index is 0.0406. The minimum Gasteiger partial charge on any atom is -0.320 e. The van der Waals surface area contributed by atoms with Gasteiger partial charge in [0.1, 0.15) is 0 Å². The summed E-state index contributed by atoms with van der Waals surface area (Å²) in [5, 5.41) is 0. The molecule has 1 aromatic carbocycles. The maximum absolute atomic E-state index is 12.1. The largest absolute Gasteiger partial charge is 0.328 e. The number of hydrogen-bond acceptors (Lipinski definition) is 2. The van der Waals surface area contributed by atoms with Crippen LogP contribution in [0.15, 0.2) is 41.5 Å². The molecule has 1 aromatic heterocycles.